The first kappa shape index (κ1) is 10.5. The standard InChI is InChI=1S/C12H16N2/c1-5-7-10-11(8-6-2)14-12(13-10)9(3)4/h5-9H,1-2H2,3-4H3,(H,13,14)/b10-7+,11-8+. The van der Waals surface area contributed by atoms with Gasteiger partial charge in [0.25, 0.3) is 0 Å². The van der Waals surface area contributed by atoms with Crippen molar-refractivity contribution in [3.05, 3.63) is 41.8 Å². The van der Waals surface area contributed by atoms with Gasteiger partial charge in [-0.05, 0) is 12.2 Å². The molecule has 1 aromatic heterocycles. The number of nitrogens with zero attached hydrogens (tertiary/aromatic N) is 1. The molecule has 1 rings (SSSR count). The first-order chi connectivity index (χ1) is 6.69. The monoisotopic (exact) mass is 188 g/mol. The van der Waals surface area contributed by atoms with Crippen molar-refractivity contribution in [1.29, 1.82) is 0 Å². The minimum absolute atomic E-state index is 0.402. The second kappa shape index (κ2) is 4.61. The highest BCUT2D eigenvalue weighted by atomic mass is 14.9. The van der Waals surface area contributed by atoms with E-state index in [-0.39, 0.29) is 0 Å². The van der Waals surface area contributed by atoms with Crippen LogP contribution in [0.25, 0.3) is 12.2 Å². The van der Waals surface area contributed by atoms with Crippen LogP contribution in [0.5, 0.6) is 0 Å². The van der Waals surface area contributed by atoms with Crippen molar-refractivity contribution in [1.82, 2.24) is 9.97 Å². The lowest BCUT2D eigenvalue weighted by Gasteiger charge is -1.95. The van der Waals surface area contributed by atoms with Crippen LogP contribution in [0.2, 0.25) is 0 Å². The second-order valence-electron chi connectivity index (χ2n) is 3.38. The maximum absolute atomic E-state index is 4.46. The second-order valence-corrected chi connectivity index (χ2v) is 3.38. The molecule has 0 aliphatic heterocycles. The minimum Gasteiger partial charge on any atom is -0.342 e. The van der Waals surface area contributed by atoms with Gasteiger partial charge >= 0.3 is 0 Å². The van der Waals surface area contributed by atoms with Crippen LogP contribution in [-0.2, 0) is 0 Å². The van der Waals surface area contributed by atoms with E-state index in [4.69, 9.17) is 0 Å². The fourth-order valence-electron chi connectivity index (χ4n) is 1.18. The molecule has 0 amide bonds. The topological polar surface area (TPSA) is 28.7 Å². The summed E-state index contributed by atoms with van der Waals surface area (Å²) in [5.41, 5.74) is 0. The van der Waals surface area contributed by atoms with E-state index in [1.54, 1.807) is 12.2 Å². The third-order valence-electron chi connectivity index (χ3n) is 1.89. The summed E-state index contributed by atoms with van der Waals surface area (Å²) in [5.74, 6) is 1.39. The van der Waals surface area contributed by atoms with E-state index in [1.165, 1.54) is 0 Å². The normalized spacial score (nSPS) is 13.6. The Balaban J connectivity index is 3.41. The zero-order valence-corrected chi connectivity index (χ0v) is 8.75. The summed E-state index contributed by atoms with van der Waals surface area (Å²) < 4.78 is 0. The number of hydrogen-bond donors (Lipinski definition) is 1. The van der Waals surface area contributed by atoms with Gasteiger partial charge in [0.2, 0.25) is 0 Å². The number of imidazole rings is 1. The van der Waals surface area contributed by atoms with Crippen LogP contribution in [0, 0.1) is 0 Å². The highest BCUT2D eigenvalue weighted by Crippen LogP contribution is 2.03. The Bertz CT molecular complexity index is 398. The third-order valence-corrected chi connectivity index (χ3v) is 1.89. The summed E-state index contributed by atoms with van der Waals surface area (Å²) in [5, 5.41) is 1.91. The average Bonchev–Trinajstić information content (AvgIpc) is 2.50. The van der Waals surface area contributed by atoms with E-state index in [2.05, 4.69) is 37.0 Å². The van der Waals surface area contributed by atoms with Crippen LogP contribution in [0.15, 0.2) is 25.3 Å². The molecule has 1 heterocycles. The van der Waals surface area contributed by atoms with Gasteiger partial charge in [-0.3, -0.25) is 0 Å². The third kappa shape index (κ3) is 2.22. The van der Waals surface area contributed by atoms with Crippen LogP contribution in [0.1, 0.15) is 25.6 Å². The number of nitrogens with one attached hydrogen (secondary N) is 1. The zero-order valence-electron chi connectivity index (χ0n) is 8.75. The molecule has 1 N–H and O–H groups in total. The van der Waals surface area contributed by atoms with Crippen molar-refractivity contribution < 1.29 is 0 Å². The molecule has 2 heteroatoms. The molecular formula is C12H16N2. The quantitative estimate of drug-likeness (QED) is 0.764. The largest absolute Gasteiger partial charge is 0.342 e. The van der Waals surface area contributed by atoms with Gasteiger partial charge in [-0.2, -0.15) is 0 Å². The zero-order chi connectivity index (χ0) is 10.6. The maximum atomic E-state index is 4.46. The lowest BCUT2D eigenvalue weighted by molar-refractivity contribution is 0.791. The predicted octanol–water partition coefficient (Wildman–Crippen LogP) is 1.47. The van der Waals surface area contributed by atoms with Crippen molar-refractivity contribution in [2.45, 2.75) is 19.8 Å². The highest BCUT2D eigenvalue weighted by molar-refractivity contribution is 5.38. The molecule has 0 saturated carbocycles. The number of aromatic nitrogens is 2. The smallest absolute Gasteiger partial charge is 0.109 e. The van der Waals surface area contributed by atoms with Crippen LogP contribution in [0.4, 0.5) is 0 Å². The Morgan fingerprint density at radius 3 is 2.36 bits per heavy atom. The van der Waals surface area contributed by atoms with E-state index in [0.717, 1.165) is 16.5 Å². The van der Waals surface area contributed by atoms with Crippen LogP contribution in [0.3, 0.4) is 0 Å². The van der Waals surface area contributed by atoms with Crippen molar-refractivity contribution in [2.75, 3.05) is 0 Å². The average molecular weight is 188 g/mol. The molecule has 0 saturated heterocycles. The molecule has 0 spiro atoms. The minimum atomic E-state index is 0.402. The summed E-state index contributed by atoms with van der Waals surface area (Å²) in [4.78, 5) is 7.71. The van der Waals surface area contributed by atoms with Crippen molar-refractivity contribution in [2.24, 2.45) is 0 Å². The van der Waals surface area contributed by atoms with Gasteiger partial charge in [0.1, 0.15) is 5.82 Å². The van der Waals surface area contributed by atoms with Gasteiger partial charge in [0.05, 0.1) is 10.7 Å². The molecule has 0 aromatic carbocycles. The van der Waals surface area contributed by atoms with Gasteiger partial charge < -0.3 is 4.98 Å². The SMILES string of the molecule is C=C/C=c1/nc(C(C)C)[nH]/c1=C/C=C. The van der Waals surface area contributed by atoms with E-state index in [1.807, 2.05) is 12.2 Å². The van der Waals surface area contributed by atoms with Gasteiger partial charge in [0.15, 0.2) is 0 Å². The molecule has 0 unspecified atom stereocenters. The van der Waals surface area contributed by atoms with Crippen LogP contribution in [-0.4, -0.2) is 9.97 Å². The van der Waals surface area contributed by atoms with Gasteiger partial charge in [-0.15, -0.1) is 0 Å². The number of aromatic amines is 1. The molecule has 0 aliphatic carbocycles. The molecule has 2 nitrogen and oxygen atoms in total. The fourth-order valence-corrected chi connectivity index (χ4v) is 1.18. The van der Waals surface area contributed by atoms with Gasteiger partial charge in [-0.1, -0.05) is 39.2 Å². The molecule has 74 valence electrons. The first-order valence-electron chi connectivity index (χ1n) is 4.70. The molecule has 0 bridgehead atoms. The predicted molar refractivity (Wildman–Crippen MR) is 61.3 cm³/mol. The van der Waals surface area contributed by atoms with Gasteiger partial charge in [-0.25, -0.2) is 4.98 Å². The number of hydrogen-bond acceptors (Lipinski definition) is 1. The molecule has 1 aromatic rings. The maximum Gasteiger partial charge on any atom is 0.109 e. The Hall–Kier alpha value is -1.57. The summed E-state index contributed by atoms with van der Waals surface area (Å²) in [6.07, 6.45) is 7.28. The molecule has 0 atom stereocenters. The van der Waals surface area contributed by atoms with E-state index in [0.29, 0.717) is 5.92 Å². The van der Waals surface area contributed by atoms with Gasteiger partial charge in [0, 0.05) is 5.92 Å². The number of allylic oxidation sites excluding steroid dienone is 2. The molecule has 0 aliphatic rings. The summed E-state index contributed by atoms with van der Waals surface area (Å²) in [6.45, 7) is 11.5. The van der Waals surface area contributed by atoms with Crippen molar-refractivity contribution in [3.63, 3.8) is 0 Å². The lowest BCUT2D eigenvalue weighted by Crippen LogP contribution is -2.23. The first-order valence-corrected chi connectivity index (χ1v) is 4.70. The summed E-state index contributed by atoms with van der Waals surface area (Å²) >= 11 is 0. The molecule has 0 fully saturated rings. The highest BCUT2D eigenvalue weighted by Gasteiger charge is 2.01. The lowest BCUT2D eigenvalue weighted by atomic mass is 10.2. The summed E-state index contributed by atoms with van der Waals surface area (Å²) in [6, 6.07) is 0. The van der Waals surface area contributed by atoms with Crippen molar-refractivity contribution >= 4 is 12.2 Å². The Labute approximate surface area is 84.4 Å². The molecular weight excluding hydrogens is 172 g/mol. The van der Waals surface area contributed by atoms with Crippen LogP contribution < -0.4 is 10.7 Å². The number of H-pyrrole nitrogens is 1. The molecule has 14 heavy (non-hydrogen) atoms. The summed E-state index contributed by atoms with van der Waals surface area (Å²) in [7, 11) is 0. The van der Waals surface area contributed by atoms with E-state index < -0.39 is 0 Å². The molecule has 0 radical (unpaired) electrons. The van der Waals surface area contributed by atoms with Crippen LogP contribution >= 0.6 is 0 Å². The fraction of sp³-hybridized carbons (Fsp3) is 0.250. The Morgan fingerprint density at radius 2 is 1.86 bits per heavy atom. The van der Waals surface area contributed by atoms with E-state index in [9.17, 15) is 0 Å². The Morgan fingerprint density at radius 1 is 1.21 bits per heavy atom. The Kier molecular flexibility index (Phi) is 3.46. The van der Waals surface area contributed by atoms with E-state index >= 15 is 0 Å². The number of rotatable bonds is 3. The van der Waals surface area contributed by atoms with Crippen molar-refractivity contribution in [3.8, 4) is 0 Å².